The van der Waals surface area contributed by atoms with Crippen molar-refractivity contribution in [2.24, 2.45) is 0 Å². The zero-order valence-electron chi connectivity index (χ0n) is 18.7. The number of ketones is 1. The number of Topliss-reactive ketones (excluding diaryl/α,β-unsaturated/α-hetero) is 1. The van der Waals surface area contributed by atoms with Crippen LogP contribution in [0.5, 0.6) is 0 Å². The maximum absolute atomic E-state index is 13.1. The third kappa shape index (κ3) is 5.40. The quantitative estimate of drug-likeness (QED) is 0.370. The van der Waals surface area contributed by atoms with E-state index in [-0.39, 0.29) is 11.7 Å². The molecule has 6 nitrogen and oxygen atoms in total. The Morgan fingerprint density at radius 2 is 1.84 bits per heavy atom. The number of aryl methyl sites for hydroxylation is 2. The van der Waals surface area contributed by atoms with Crippen LogP contribution in [0.2, 0.25) is 0 Å². The maximum Gasteiger partial charge on any atom is 0.329 e. The lowest BCUT2D eigenvalue weighted by Crippen LogP contribution is -2.44. The number of hydrogen-bond acceptors (Lipinski definition) is 5. The minimum Gasteiger partial charge on any atom is -0.453 e. The molecule has 0 aliphatic carbocycles. The van der Waals surface area contributed by atoms with Crippen LogP contribution < -0.4 is 5.32 Å². The third-order valence-electron chi connectivity index (χ3n) is 5.28. The van der Waals surface area contributed by atoms with E-state index in [0.717, 1.165) is 22.2 Å². The fourth-order valence-corrected chi connectivity index (χ4v) is 4.09. The SMILES string of the molecule is CSCC[C@H](NC(=O)c1cccc(C)c1)C(=O)O[C@H](C)C(=O)c1c(C)[nH]c2ccccc12. The number of para-hydroxylation sites is 1. The van der Waals surface area contributed by atoms with Crippen molar-refractivity contribution in [1.82, 2.24) is 10.3 Å². The molecule has 0 saturated carbocycles. The summed E-state index contributed by atoms with van der Waals surface area (Å²) in [6.45, 7) is 5.29. The van der Waals surface area contributed by atoms with Crippen LogP contribution in [0, 0.1) is 13.8 Å². The van der Waals surface area contributed by atoms with E-state index < -0.39 is 18.1 Å². The molecule has 0 spiro atoms. The zero-order chi connectivity index (χ0) is 23.3. The fourth-order valence-electron chi connectivity index (χ4n) is 3.62. The minimum absolute atomic E-state index is 0.276. The topological polar surface area (TPSA) is 88.3 Å². The van der Waals surface area contributed by atoms with Crippen LogP contribution in [0.1, 0.15) is 45.3 Å². The Hall–Kier alpha value is -3.06. The summed E-state index contributed by atoms with van der Waals surface area (Å²) >= 11 is 1.57. The van der Waals surface area contributed by atoms with Crippen LogP contribution in [0.4, 0.5) is 0 Å². The highest BCUT2D eigenvalue weighted by Gasteiger charge is 2.29. The first-order chi connectivity index (χ1) is 15.3. The fraction of sp³-hybridized carbons (Fsp3) is 0.320. The molecule has 1 aromatic heterocycles. The Morgan fingerprint density at radius 3 is 2.56 bits per heavy atom. The number of aromatic amines is 1. The normalized spacial score (nSPS) is 12.9. The molecular weight excluding hydrogens is 424 g/mol. The van der Waals surface area contributed by atoms with Crippen molar-refractivity contribution in [2.75, 3.05) is 12.0 Å². The standard InChI is InChI=1S/C25H28N2O4S/c1-15-8-7-9-18(14-15)24(29)27-21(12-13-32-4)25(30)31-17(3)23(28)22-16(2)26-20-11-6-5-10-19(20)22/h5-11,14,17,21,26H,12-13H2,1-4H3,(H,27,29)/t17-,21+/m1/s1. The van der Waals surface area contributed by atoms with Gasteiger partial charge in [0.25, 0.3) is 5.91 Å². The van der Waals surface area contributed by atoms with Crippen LogP contribution in [-0.4, -0.2) is 46.8 Å². The van der Waals surface area contributed by atoms with Crippen molar-refractivity contribution in [2.45, 2.75) is 39.3 Å². The van der Waals surface area contributed by atoms with Crippen LogP contribution >= 0.6 is 11.8 Å². The van der Waals surface area contributed by atoms with Crippen molar-refractivity contribution in [3.05, 3.63) is 70.9 Å². The first kappa shape index (κ1) is 23.6. The second-order valence-corrected chi connectivity index (χ2v) is 8.78. The molecule has 0 bridgehead atoms. The number of ether oxygens (including phenoxy) is 1. The van der Waals surface area contributed by atoms with Crippen molar-refractivity contribution in [1.29, 1.82) is 0 Å². The number of amides is 1. The first-order valence-corrected chi connectivity index (χ1v) is 11.9. The summed E-state index contributed by atoms with van der Waals surface area (Å²) < 4.78 is 5.53. The van der Waals surface area contributed by atoms with Gasteiger partial charge < -0.3 is 15.0 Å². The molecule has 0 aliphatic heterocycles. The monoisotopic (exact) mass is 452 g/mol. The van der Waals surface area contributed by atoms with Crippen molar-refractivity contribution in [3.8, 4) is 0 Å². The van der Waals surface area contributed by atoms with E-state index in [1.54, 1.807) is 36.9 Å². The molecule has 0 unspecified atom stereocenters. The lowest BCUT2D eigenvalue weighted by Gasteiger charge is -2.20. The van der Waals surface area contributed by atoms with Gasteiger partial charge in [0.05, 0.1) is 0 Å². The second-order valence-electron chi connectivity index (χ2n) is 7.79. The second kappa shape index (κ2) is 10.5. The smallest absolute Gasteiger partial charge is 0.329 e. The summed E-state index contributed by atoms with van der Waals surface area (Å²) in [4.78, 5) is 41.9. The average molecular weight is 453 g/mol. The predicted molar refractivity (Wildman–Crippen MR) is 128 cm³/mol. The van der Waals surface area contributed by atoms with Gasteiger partial charge in [0.15, 0.2) is 6.10 Å². The molecule has 2 aromatic carbocycles. The van der Waals surface area contributed by atoms with Crippen LogP contribution in [0.25, 0.3) is 10.9 Å². The zero-order valence-corrected chi connectivity index (χ0v) is 19.5. The lowest BCUT2D eigenvalue weighted by molar-refractivity contribution is -0.148. The van der Waals surface area contributed by atoms with Crippen LogP contribution in [-0.2, 0) is 9.53 Å². The molecule has 32 heavy (non-hydrogen) atoms. The minimum atomic E-state index is -0.979. The van der Waals surface area contributed by atoms with E-state index in [1.165, 1.54) is 0 Å². The van der Waals surface area contributed by atoms with Crippen LogP contribution in [0.15, 0.2) is 48.5 Å². The van der Waals surface area contributed by atoms with Gasteiger partial charge in [-0.15, -0.1) is 0 Å². The summed E-state index contributed by atoms with van der Waals surface area (Å²) in [6, 6.07) is 13.8. The Bertz CT molecular complexity index is 1140. The number of H-pyrrole nitrogens is 1. The molecular formula is C25H28N2O4S. The lowest BCUT2D eigenvalue weighted by atomic mass is 10.0. The average Bonchev–Trinajstić information content (AvgIpc) is 3.11. The predicted octanol–water partition coefficient (Wildman–Crippen LogP) is 4.45. The molecule has 2 N–H and O–H groups in total. The van der Waals surface area contributed by atoms with E-state index >= 15 is 0 Å². The summed E-state index contributed by atoms with van der Waals surface area (Å²) in [6.07, 6.45) is 1.36. The van der Waals surface area contributed by atoms with Crippen LogP contribution in [0.3, 0.4) is 0 Å². The highest BCUT2D eigenvalue weighted by molar-refractivity contribution is 7.98. The number of carbonyl (C=O) groups is 3. The number of carbonyl (C=O) groups excluding carboxylic acids is 3. The number of rotatable bonds is 9. The Balaban J connectivity index is 1.74. The molecule has 2 atom stereocenters. The summed E-state index contributed by atoms with van der Waals surface area (Å²) in [7, 11) is 0. The van der Waals surface area contributed by atoms with Gasteiger partial charge in [-0.2, -0.15) is 11.8 Å². The molecule has 7 heteroatoms. The number of nitrogens with one attached hydrogen (secondary N) is 2. The third-order valence-corrected chi connectivity index (χ3v) is 5.93. The molecule has 3 aromatic rings. The van der Waals surface area contributed by atoms with Gasteiger partial charge in [0.2, 0.25) is 5.78 Å². The Kier molecular flexibility index (Phi) is 7.75. The summed E-state index contributed by atoms with van der Waals surface area (Å²) in [5.74, 6) is -0.568. The number of fused-ring (bicyclic) bond motifs is 1. The van der Waals surface area contributed by atoms with E-state index in [1.807, 2.05) is 50.4 Å². The van der Waals surface area contributed by atoms with E-state index in [0.29, 0.717) is 23.3 Å². The molecule has 0 radical (unpaired) electrons. The molecule has 0 saturated heterocycles. The number of esters is 1. The van der Waals surface area contributed by atoms with Gasteiger partial charge in [-0.25, -0.2) is 4.79 Å². The maximum atomic E-state index is 13.1. The largest absolute Gasteiger partial charge is 0.453 e. The molecule has 1 amide bonds. The number of thioether (sulfide) groups is 1. The van der Waals surface area contributed by atoms with E-state index in [4.69, 9.17) is 4.74 Å². The Morgan fingerprint density at radius 1 is 1.09 bits per heavy atom. The van der Waals surface area contributed by atoms with Crippen molar-refractivity contribution >= 4 is 40.3 Å². The first-order valence-electron chi connectivity index (χ1n) is 10.5. The van der Waals surface area contributed by atoms with Gasteiger partial charge in [-0.1, -0.05) is 35.9 Å². The number of aromatic nitrogens is 1. The summed E-state index contributed by atoms with van der Waals surface area (Å²) in [5, 5.41) is 3.57. The highest BCUT2D eigenvalue weighted by Crippen LogP contribution is 2.24. The van der Waals surface area contributed by atoms with Gasteiger partial charge >= 0.3 is 5.97 Å². The van der Waals surface area contributed by atoms with E-state index in [9.17, 15) is 14.4 Å². The highest BCUT2D eigenvalue weighted by atomic mass is 32.2. The van der Waals surface area contributed by atoms with Gasteiger partial charge in [0, 0.05) is 27.7 Å². The van der Waals surface area contributed by atoms with Gasteiger partial charge in [0.1, 0.15) is 6.04 Å². The number of benzene rings is 2. The van der Waals surface area contributed by atoms with Gasteiger partial charge in [-0.05, 0) is 57.4 Å². The number of hydrogen-bond donors (Lipinski definition) is 2. The molecule has 168 valence electrons. The van der Waals surface area contributed by atoms with E-state index in [2.05, 4.69) is 10.3 Å². The molecule has 0 fully saturated rings. The van der Waals surface area contributed by atoms with Crippen molar-refractivity contribution < 1.29 is 19.1 Å². The van der Waals surface area contributed by atoms with Gasteiger partial charge in [-0.3, -0.25) is 9.59 Å². The molecule has 0 aliphatic rings. The summed E-state index contributed by atoms with van der Waals surface area (Å²) in [5.41, 5.74) is 3.53. The Labute approximate surface area is 192 Å². The molecule has 3 rings (SSSR count). The van der Waals surface area contributed by atoms with Crippen molar-refractivity contribution in [3.63, 3.8) is 0 Å². The molecule has 1 heterocycles.